The number of para-hydroxylation sites is 1. The highest BCUT2D eigenvalue weighted by atomic mass is 35.5. The van der Waals surface area contributed by atoms with Crippen LogP contribution in [0.1, 0.15) is 31.9 Å². The fraction of sp³-hybridized carbons (Fsp3) is 0.296. The maximum atomic E-state index is 13.6. The van der Waals surface area contributed by atoms with E-state index in [1.807, 2.05) is 32.0 Å². The summed E-state index contributed by atoms with van der Waals surface area (Å²) >= 11 is 6.23. The molecule has 11 heteroatoms. The third kappa shape index (κ3) is 5.19. The number of hydrogen-bond donors (Lipinski definition) is 1. The van der Waals surface area contributed by atoms with Gasteiger partial charge in [-0.25, -0.2) is 0 Å². The Morgan fingerprint density at radius 1 is 0.895 bits per heavy atom. The van der Waals surface area contributed by atoms with Crippen LogP contribution in [0, 0.1) is 0 Å². The van der Waals surface area contributed by atoms with Gasteiger partial charge in [-0.05, 0) is 54.8 Å². The van der Waals surface area contributed by atoms with Gasteiger partial charge in [-0.3, -0.25) is 5.01 Å². The molecule has 0 spiro atoms. The summed E-state index contributed by atoms with van der Waals surface area (Å²) in [5, 5.41) is 14.7. The van der Waals surface area contributed by atoms with Crippen molar-refractivity contribution in [1.82, 2.24) is 0 Å². The van der Waals surface area contributed by atoms with Crippen molar-refractivity contribution in [3.8, 4) is 16.9 Å². The minimum Gasteiger partial charge on any atom is -0.491 e. The quantitative estimate of drug-likeness (QED) is 0.313. The van der Waals surface area contributed by atoms with Gasteiger partial charge in [0.15, 0.2) is 0 Å². The van der Waals surface area contributed by atoms with Crippen LogP contribution >= 0.6 is 11.6 Å². The minimum atomic E-state index is -6.04. The van der Waals surface area contributed by atoms with E-state index in [4.69, 9.17) is 16.3 Å². The smallest absolute Gasteiger partial charge is 0.431 e. The molecule has 3 aromatic carbocycles. The summed E-state index contributed by atoms with van der Waals surface area (Å²) in [7, 11) is 0. The van der Waals surface area contributed by atoms with E-state index >= 15 is 0 Å². The first-order valence-electron chi connectivity index (χ1n) is 11.6. The van der Waals surface area contributed by atoms with Crippen molar-refractivity contribution in [2.24, 2.45) is 5.10 Å². The van der Waals surface area contributed by atoms with Gasteiger partial charge in [0.05, 0.1) is 28.6 Å². The molecule has 0 amide bonds. The summed E-state index contributed by atoms with van der Waals surface area (Å²) in [6.07, 6.45) is -13.0. The molecule has 1 atom stereocenters. The van der Waals surface area contributed by atoms with E-state index in [-0.39, 0.29) is 16.8 Å². The lowest BCUT2D eigenvalue weighted by atomic mass is 9.89. The zero-order valence-electron chi connectivity index (χ0n) is 20.2. The Labute approximate surface area is 220 Å². The van der Waals surface area contributed by atoms with Crippen molar-refractivity contribution >= 4 is 23.0 Å². The molecule has 202 valence electrons. The molecule has 4 rings (SSSR count). The van der Waals surface area contributed by atoms with Gasteiger partial charge in [0.1, 0.15) is 5.75 Å². The second-order valence-corrected chi connectivity index (χ2v) is 9.49. The van der Waals surface area contributed by atoms with Crippen LogP contribution in [0.25, 0.3) is 11.1 Å². The average Bonchev–Trinajstić information content (AvgIpc) is 3.27. The van der Waals surface area contributed by atoms with E-state index in [0.29, 0.717) is 11.3 Å². The van der Waals surface area contributed by atoms with Crippen molar-refractivity contribution in [3.63, 3.8) is 0 Å². The van der Waals surface area contributed by atoms with Crippen molar-refractivity contribution < 1.29 is 36.2 Å². The number of benzene rings is 3. The van der Waals surface area contributed by atoms with Crippen LogP contribution in [0.2, 0.25) is 5.02 Å². The number of aliphatic hydroxyl groups is 1. The van der Waals surface area contributed by atoms with Gasteiger partial charge >= 0.3 is 12.4 Å². The molecule has 4 nitrogen and oxygen atoms in total. The number of nitrogens with zero attached hydrogens (tertiary/aromatic N) is 2. The predicted octanol–water partition coefficient (Wildman–Crippen LogP) is 7.96. The van der Waals surface area contributed by atoms with E-state index in [1.54, 1.807) is 36.4 Å². The van der Waals surface area contributed by atoms with Gasteiger partial charge in [0, 0.05) is 6.42 Å². The Hall–Kier alpha value is -3.24. The Morgan fingerprint density at radius 2 is 1.53 bits per heavy atom. The van der Waals surface area contributed by atoms with Crippen molar-refractivity contribution in [2.75, 3.05) is 5.01 Å². The molecule has 3 aromatic rings. The minimum absolute atomic E-state index is 0.0352. The molecule has 1 unspecified atom stereocenters. The number of rotatable bonds is 6. The van der Waals surface area contributed by atoms with Gasteiger partial charge in [-0.15, -0.1) is 0 Å². The molecule has 1 N–H and O–H groups in total. The SMILES string of the molecule is CC(C)Oc1cccc(-c2ccc(C3CC(C(O)(C(F)(F)F)C(F)(F)F)=NN3c3ccccc3Cl)cc2)c1. The van der Waals surface area contributed by atoms with E-state index in [1.165, 1.54) is 18.2 Å². The van der Waals surface area contributed by atoms with Gasteiger partial charge in [0.25, 0.3) is 5.60 Å². The van der Waals surface area contributed by atoms with Crippen LogP contribution in [0.15, 0.2) is 77.9 Å². The fourth-order valence-corrected chi connectivity index (χ4v) is 4.48. The number of halogens is 7. The Balaban J connectivity index is 1.74. The maximum Gasteiger partial charge on any atom is 0.431 e. The lowest BCUT2D eigenvalue weighted by molar-refractivity contribution is -0.338. The van der Waals surface area contributed by atoms with Crippen LogP contribution < -0.4 is 9.75 Å². The highest BCUT2D eigenvalue weighted by Crippen LogP contribution is 2.49. The Kier molecular flexibility index (Phi) is 7.42. The molecule has 0 saturated carbocycles. The third-order valence-electron chi connectivity index (χ3n) is 6.08. The van der Waals surface area contributed by atoms with E-state index in [2.05, 4.69) is 5.10 Å². The van der Waals surface area contributed by atoms with Crippen LogP contribution in [0.5, 0.6) is 5.75 Å². The van der Waals surface area contributed by atoms with Gasteiger partial charge in [-0.2, -0.15) is 31.4 Å². The summed E-state index contributed by atoms with van der Waals surface area (Å²) in [5.74, 6) is 0.652. The lowest BCUT2D eigenvalue weighted by Gasteiger charge is -2.32. The molecule has 0 radical (unpaired) electrons. The average molecular weight is 557 g/mol. The van der Waals surface area contributed by atoms with E-state index < -0.39 is 36.1 Å². The molecule has 0 aliphatic carbocycles. The number of alkyl halides is 6. The molecule has 0 saturated heterocycles. The summed E-state index contributed by atoms with van der Waals surface area (Å²) in [6.45, 7) is 3.78. The number of hydrogen-bond acceptors (Lipinski definition) is 4. The molecular weight excluding hydrogens is 534 g/mol. The highest BCUT2D eigenvalue weighted by molar-refractivity contribution is 6.33. The standard InChI is InChI=1S/C27H23ClF6N2O2/c1-16(2)38-20-7-5-6-19(14-20)17-10-12-18(13-11-17)23-15-24(25(37,26(29,30)31)27(32,33)34)35-36(23)22-9-4-3-8-21(22)28/h3-14,16,23,37H,15H2,1-2H3. The summed E-state index contributed by atoms with van der Waals surface area (Å²) in [5.41, 5.74) is -4.54. The van der Waals surface area contributed by atoms with Crippen LogP contribution in [-0.4, -0.2) is 34.9 Å². The first-order valence-corrected chi connectivity index (χ1v) is 11.9. The monoisotopic (exact) mass is 556 g/mol. The lowest BCUT2D eigenvalue weighted by Crippen LogP contribution is -2.62. The number of anilines is 1. The van der Waals surface area contributed by atoms with Crippen molar-refractivity contribution in [2.45, 2.75) is 50.4 Å². The molecule has 1 aliphatic rings. The summed E-state index contributed by atoms with van der Waals surface area (Å²) in [4.78, 5) is 0. The molecule has 1 aliphatic heterocycles. The van der Waals surface area contributed by atoms with Crippen molar-refractivity contribution in [3.05, 3.63) is 83.4 Å². The van der Waals surface area contributed by atoms with Crippen molar-refractivity contribution in [1.29, 1.82) is 0 Å². The predicted molar refractivity (Wildman–Crippen MR) is 133 cm³/mol. The normalized spacial score (nSPS) is 16.7. The van der Waals surface area contributed by atoms with Crippen LogP contribution in [0.4, 0.5) is 32.0 Å². The van der Waals surface area contributed by atoms with Gasteiger partial charge in [0.2, 0.25) is 0 Å². The Bertz CT molecular complexity index is 1310. The number of ether oxygens (including phenoxy) is 1. The van der Waals surface area contributed by atoms with E-state index in [9.17, 15) is 31.4 Å². The summed E-state index contributed by atoms with van der Waals surface area (Å²) < 4.78 is 87.5. The molecular formula is C27H23ClF6N2O2. The third-order valence-corrected chi connectivity index (χ3v) is 6.40. The maximum absolute atomic E-state index is 13.6. The molecule has 0 bridgehead atoms. The molecule has 0 fully saturated rings. The van der Waals surface area contributed by atoms with Crippen LogP contribution in [0.3, 0.4) is 0 Å². The van der Waals surface area contributed by atoms with Gasteiger partial charge < -0.3 is 9.84 Å². The Morgan fingerprint density at radius 3 is 2.11 bits per heavy atom. The first-order chi connectivity index (χ1) is 17.7. The number of hydrazone groups is 1. The van der Waals surface area contributed by atoms with Crippen LogP contribution in [-0.2, 0) is 0 Å². The zero-order chi connectivity index (χ0) is 27.9. The second-order valence-electron chi connectivity index (χ2n) is 9.08. The zero-order valence-corrected chi connectivity index (χ0v) is 20.9. The molecule has 38 heavy (non-hydrogen) atoms. The summed E-state index contributed by atoms with van der Waals surface area (Å²) in [6, 6.07) is 18.8. The first kappa shape index (κ1) is 27.8. The molecule has 0 aromatic heterocycles. The molecule has 1 heterocycles. The van der Waals surface area contributed by atoms with E-state index in [0.717, 1.165) is 16.1 Å². The second kappa shape index (κ2) is 10.1. The highest BCUT2D eigenvalue weighted by Gasteiger charge is 2.74. The largest absolute Gasteiger partial charge is 0.491 e. The topological polar surface area (TPSA) is 45.1 Å². The van der Waals surface area contributed by atoms with Gasteiger partial charge in [-0.1, -0.05) is 60.1 Å². The fourth-order valence-electron chi connectivity index (χ4n) is 4.26.